The molecule has 0 spiro atoms. The van der Waals surface area contributed by atoms with Gasteiger partial charge in [0.25, 0.3) is 0 Å². The minimum Gasteiger partial charge on any atom is -0.493 e. The molecular weight excluding hydrogens is 310 g/mol. The number of methoxy groups -OCH3 is 1. The Bertz CT molecular complexity index is 766. The van der Waals surface area contributed by atoms with Crippen molar-refractivity contribution in [1.29, 1.82) is 0 Å². The van der Waals surface area contributed by atoms with Gasteiger partial charge in [0.1, 0.15) is 5.56 Å². The van der Waals surface area contributed by atoms with Gasteiger partial charge in [0.15, 0.2) is 11.5 Å². The Hall–Kier alpha value is -2.50. The molecule has 6 heteroatoms. The van der Waals surface area contributed by atoms with Crippen molar-refractivity contribution in [2.24, 2.45) is 0 Å². The summed E-state index contributed by atoms with van der Waals surface area (Å²) in [7, 11) is 1.55. The Labute approximate surface area is 140 Å². The Balaban J connectivity index is 2.46. The first-order valence-electron chi connectivity index (χ1n) is 8.16. The molecule has 1 heterocycles. The molecule has 0 amide bonds. The number of hydrogen-bond donors (Lipinski definition) is 1. The van der Waals surface area contributed by atoms with E-state index in [0.717, 1.165) is 19.3 Å². The summed E-state index contributed by atoms with van der Waals surface area (Å²) < 4.78 is 16.1. The van der Waals surface area contributed by atoms with E-state index >= 15 is 0 Å². The zero-order valence-electron chi connectivity index (χ0n) is 14.3. The van der Waals surface area contributed by atoms with Gasteiger partial charge in [-0.05, 0) is 25.5 Å². The van der Waals surface area contributed by atoms with E-state index in [2.05, 4.69) is 11.9 Å². The van der Waals surface area contributed by atoms with E-state index in [9.17, 15) is 9.59 Å². The van der Waals surface area contributed by atoms with Crippen LogP contribution in [0.3, 0.4) is 0 Å². The fourth-order valence-corrected chi connectivity index (χ4v) is 2.44. The molecule has 2 rings (SSSR count). The third kappa shape index (κ3) is 3.69. The Morgan fingerprint density at radius 2 is 2.00 bits per heavy atom. The molecule has 0 radical (unpaired) electrons. The standard InChI is InChI=1S/C18H23NO5/c1-4-6-7-10-24-17-14(22-3)9-8-12-15(17)19-11-13(16(12)20)18(21)23-5-2/h8-9,11H,4-7,10H2,1-3H3,(H,19,20). The van der Waals surface area contributed by atoms with Crippen LogP contribution >= 0.6 is 0 Å². The lowest BCUT2D eigenvalue weighted by atomic mass is 10.1. The van der Waals surface area contributed by atoms with Crippen LogP contribution < -0.4 is 14.9 Å². The largest absolute Gasteiger partial charge is 0.493 e. The Morgan fingerprint density at radius 3 is 2.67 bits per heavy atom. The summed E-state index contributed by atoms with van der Waals surface area (Å²) in [6, 6.07) is 3.29. The van der Waals surface area contributed by atoms with Crippen molar-refractivity contribution in [2.75, 3.05) is 20.3 Å². The van der Waals surface area contributed by atoms with Gasteiger partial charge >= 0.3 is 5.97 Å². The molecular formula is C18H23NO5. The maximum atomic E-state index is 12.6. The lowest BCUT2D eigenvalue weighted by Crippen LogP contribution is -2.18. The second kappa shape index (κ2) is 8.38. The molecule has 0 saturated heterocycles. The molecule has 0 bridgehead atoms. The van der Waals surface area contributed by atoms with Crippen molar-refractivity contribution in [1.82, 2.24) is 4.98 Å². The van der Waals surface area contributed by atoms with E-state index in [4.69, 9.17) is 14.2 Å². The number of esters is 1. The molecule has 2 aromatic rings. The molecule has 6 nitrogen and oxygen atoms in total. The molecule has 0 unspecified atom stereocenters. The maximum absolute atomic E-state index is 12.6. The van der Waals surface area contributed by atoms with Gasteiger partial charge in [-0.25, -0.2) is 4.79 Å². The van der Waals surface area contributed by atoms with Crippen molar-refractivity contribution in [2.45, 2.75) is 33.1 Å². The number of carbonyl (C=O) groups excluding carboxylic acids is 1. The second-order valence-electron chi connectivity index (χ2n) is 5.33. The molecule has 130 valence electrons. The number of unbranched alkanes of at least 4 members (excludes halogenated alkanes) is 2. The predicted octanol–water partition coefficient (Wildman–Crippen LogP) is 3.28. The summed E-state index contributed by atoms with van der Waals surface area (Å²) in [5.74, 6) is 0.388. The number of aromatic nitrogens is 1. The summed E-state index contributed by atoms with van der Waals surface area (Å²) in [5.41, 5.74) is 0.110. The Kier molecular flexibility index (Phi) is 6.23. The minimum atomic E-state index is -0.637. The number of rotatable bonds is 8. The second-order valence-corrected chi connectivity index (χ2v) is 5.33. The van der Waals surface area contributed by atoms with E-state index < -0.39 is 5.97 Å². The Morgan fingerprint density at radius 1 is 1.21 bits per heavy atom. The quantitative estimate of drug-likeness (QED) is 0.592. The van der Waals surface area contributed by atoms with Gasteiger partial charge in [-0.3, -0.25) is 4.79 Å². The molecule has 1 aromatic carbocycles. The van der Waals surface area contributed by atoms with Crippen molar-refractivity contribution < 1.29 is 19.0 Å². The van der Waals surface area contributed by atoms with Gasteiger partial charge < -0.3 is 19.2 Å². The van der Waals surface area contributed by atoms with Gasteiger partial charge in [-0.15, -0.1) is 0 Å². The molecule has 0 aliphatic rings. The van der Waals surface area contributed by atoms with Crippen LogP contribution in [0.15, 0.2) is 23.1 Å². The third-order valence-corrected chi connectivity index (χ3v) is 3.68. The molecule has 24 heavy (non-hydrogen) atoms. The van der Waals surface area contributed by atoms with E-state index in [1.165, 1.54) is 6.20 Å². The number of nitrogens with one attached hydrogen (secondary N) is 1. The molecule has 0 aliphatic heterocycles. The highest BCUT2D eigenvalue weighted by molar-refractivity contribution is 5.95. The number of hydrogen-bond acceptors (Lipinski definition) is 5. The first-order chi connectivity index (χ1) is 11.6. The van der Waals surface area contributed by atoms with Gasteiger partial charge in [-0.2, -0.15) is 0 Å². The van der Waals surface area contributed by atoms with Crippen LogP contribution in [0.1, 0.15) is 43.5 Å². The average molecular weight is 333 g/mol. The number of ether oxygens (including phenoxy) is 3. The first kappa shape index (κ1) is 17.8. The fourth-order valence-electron chi connectivity index (χ4n) is 2.44. The van der Waals surface area contributed by atoms with E-state index in [-0.39, 0.29) is 17.6 Å². The van der Waals surface area contributed by atoms with E-state index in [1.54, 1.807) is 26.2 Å². The van der Waals surface area contributed by atoms with Crippen LogP contribution in [0.2, 0.25) is 0 Å². The zero-order valence-corrected chi connectivity index (χ0v) is 14.3. The molecule has 0 fully saturated rings. The van der Waals surface area contributed by atoms with Gasteiger partial charge in [-0.1, -0.05) is 19.8 Å². The molecule has 1 N–H and O–H groups in total. The SMILES string of the molecule is CCCCCOc1c(OC)ccc2c(=O)c(C(=O)OCC)c[nH]c12. The lowest BCUT2D eigenvalue weighted by Gasteiger charge is -2.13. The smallest absolute Gasteiger partial charge is 0.343 e. The molecule has 0 saturated carbocycles. The molecule has 0 atom stereocenters. The van der Waals surface area contributed by atoms with E-state index in [1.807, 2.05) is 0 Å². The summed E-state index contributed by atoms with van der Waals surface area (Å²) in [6.45, 7) is 4.56. The normalized spacial score (nSPS) is 10.6. The van der Waals surface area contributed by atoms with Crippen molar-refractivity contribution >= 4 is 16.9 Å². The average Bonchev–Trinajstić information content (AvgIpc) is 2.59. The lowest BCUT2D eigenvalue weighted by molar-refractivity contribution is 0.0524. The van der Waals surface area contributed by atoms with Crippen LogP contribution in [0.25, 0.3) is 10.9 Å². The highest BCUT2D eigenvalue weighted by Gasteiger charge is 2.18. The van der Waals surface area contributed by atoms with E-state index in [0.29, 0.717) is 29.0 Å². The number of pyridine rings is 1. The summed E-state index contributed by atoms with van der Waals surface area (Å²) >= 11 is 0. The first-order valence-corrected chi connectivity index (χ1v) is 8.16. The zero-order chi connectivity index (χ0) is 17.5. The number of fused-ring (bicyclic) bond motifs is 1. The number of carbonyl (C=O) groups is 1. The third-order valence-electron chi connectivity index (χ3n) is 3.68. The predicted molar refractivity (Wildman–Crippen MR) is 92.1 cm³/mol. The van der Waals surface area contributed by atoms with Crippen molar-refractivity contribution in [3.63, 3.8) is 0 Å². The number of H-pyrrole nitrogens is 1. The number of aromatic amines is 1. The number of benzene rings is 1. The summed E-state index contributed by atoms with van der Waals surface area (Å²) in [4.78, 5) is 27.4. The van der Waals surface area contributed by atoms with Gasteiger partial charge in [0, 0.05) is 6.20 Å². The van der Waals surface area contributed by atoms with Crippen LogP contribution in [-0.4, -0.2) is 31.3 Å². The fraction of sp³-hybridized carbons (Fsp3) is 0.444. The van der Waals surface area contributed by atoms with Crippen LogP contribution in [0, 0.1) is 0 Å². The van der Waals surface area contributed by atoms with Crippen LogP contribution in [0.5, 0.6) is 11.5 Å². The van der Waals surface area contributed by atoms with Crippen molar-refractivity contribution in [3.8, 4) is 11.5 Å². The molecule has 1 aromatic heterocycles. The monoisotopic (exact) mass is 333 g/mol. The molecule has 0 aliphatic carbocycles. The topological polar surface area (TPSA) is 77.6 Å². The highest BCUT2D eigenvalue weighted by atomic mass is 16.5. The summed E-state index contributed by atoms with van der Waals surface area (Å²) in [5, 5.41) is 0.367. The summed E-state index contributed by atoms with van der Waals surface area (Å²) in [6.07, 6.45) is 4.44. The van der Waals surface area contributed by atoms with Gasteiger partial charge in [0.05, 0.1) is 31.2 Å². The minimum absolute atomic E-state index is 0.0218. The van der Waals surface area contributed by atoms with Crippen molar-refractivity contribution in [3.05, 3.63) is 34.1 Å². The highest BCUT2D eigenvalue weighted by Crippen LogP contribution is 2.33. The van der Waals surface area contributed by atoms with Crippen LogP contribution in [-0.2, 0) is 4.74 Å². The van der Waals surface area contributed by atoms with Crippen LogP contribution in [0.4, 0.5) is 0 Å². The van der Waals surface area contributed by atoms with Gasteiger partial charge in [0.2, 0.25) is 5.43 Å². The maximum Gasteiger partial charge on any atom is 0.343 e.